The van der Waals surface area contributed by atoms with Gasteiger partial charge in [-0.05, 0) is 24.6 Å². The second-order valence-electron chi connectivity index (χ2n) is 3.83. The van der Waals surface area contributed by atoms with Gasteiger partial charge in [0.25, 0.3) is 0 Å². The summed E-state index contributed by atoms with van der Waals surface area (Å²) < 4.78 is 0. The van der Waals surface area contributed by atoms with Crippen molar-refractivity contribution >= 4 is 29.3 Å². The Morgan fingerprint density at radius 2 is 2.11 bits per heavy atom. The Labute approximate surface area is 115 Å². The molecule has 0 aromatic heterocycles. The van der Waals surface area contributed by atoms with Gasteiger partial charge in [-0.3, -0.25) is 0 Å². The van der Waals surface area contributed by atoms with Crippen LogP contribution in [-0.4, -0.2) is 34.0 Å². The molecule has 1 atom stereocenters. The summed E-state index contributed by atoms with van der Waals surface area (Å²) in [6, 6.07) is 5.03. The highest BCUT2D eigenvalue weighted by Gasteiger charge is 2.13. The molecule has 3 N–H and O–H groups in total. The van der Waals surface area contributed by atoms with Crippen LogP contribution in [0.15, 0.2) is 18.2 Å². The molecule has 0 saturated heterocycles. The van der Waals surface area contributed by atoms with Crippen molar-refractivity contribution in [2.45, 2.75) is 19.6 Å². The fraction of sp³-hybridized carbons (Fsp3) is 0.364. The molecule has 0 fully saturated rings. The number of halogens is 2. The van der Waals surface area contributed by atoms with Crippen LogP contribution in [0, 0.1) is 0 Å². The minimum absolute atomic E-state index is 0.0172. The average molecular weight is 293 g/mol. The van der Waals surface area contributed by atoms with Gasteiger partial charge in [-0.1, -0.05) is 29.3 Å². The molecule has 1 unspecified atom stereocenters. The van der Waals surface area contributed by atoms with Gasteiger partial charge in [0.15, 0.2) is 0 Å². The topological polar surface area (TPSA) is 72.8 Å². The molecule has 1 amide bonds. The summed E-state index contributed by atoms with van der Waals surface area (Å²) in [4.78, 5) is 10.9. The van der Waals surface area contributed by atoms with Gasteiger partial charge in [0, 0.05) is 6.54 Å². The van der Waals surface area contributed by atoms with E-state index in [0.29, 0.717) is 10.0 Å². The fourth-order valence-electron chi connectivity index (χ4n) is 1.31. The second-order valence-corrected chi connectivity index (χ2v) is 4.64. The van der Waals surface area contributed by atoms with Crippen molar-refractivity contribution < 1.29 is 15.0 Å². The monoisotopic (exact) mass is 292 g/mol. The number of carbonyl (C=O) groups is 1. The standard InChI is InChI=1S/C11H14Cl2N2O3/c1-7(16)6-15(11(17)18)14-5-8-2-3-9(12)10(13)4-8/h2-4,7,14,16H,5-6H2,1H3,(H,17,18). The molecule has 0 radical (unpaired) electrons. The van der Waals surface area contributed by atoms with Crippen LogP contribution < -0.4 is 5.43 Å². The number of carboxylic acid groups (broad SMARTS) is 1. The van der Waals surface area contributed by atoms with Gasteiger partial charge in [0.2, 0.25) is 0 Å². The van der Waals surface area contributed by atoms with E-state index in [2.05, 4.69) is 5.43 Å². The Kier molecular flexibility index (Phi) is 5.68. The van der Waals surface area contributed by atoms with Gasteiger partial charge in [-0.2, -0.15) is 0 Å². The van der Waals surface area contributed by atoms with E-state index in [1.165, 1.54) is 6.92 Å². The highest BCUT2D eigenvalue weighted by molar-refractivity contribution is 6.42. The maximum Gasteiger partial charge on any atom is 0.421 e. The predicted octanol–water partition coefficient (Wildman–Crippen LogP) is 2.36. The van der Waals surface area contributed by atoms with Gasteiger partial charge in [0.1, 0.15) is 0 Å². The third-order valence-electron chi connectivity index (χ3n) is 2.14. The van der Waals surface area contributed by atoms with Crippen LogP contribution in [0.1, 0.15) is 12.5 Å². The normalized spacial score (nSPS) is 12.2. The number of aliphatic hydroxyl groups excluding tert-OH is 1. The van der Waals surface area contributed by atoms with E-state index in [-0.39, 0.29) is 13.1 Å². The van der Waals surface area contributed by atoms with E-state index in [4.69, 9.17) is 33.4 Å². The van der Waals surface area contributed by atoms with Crippen LogP contribution in [0.25, 0.3) is 0 Å². The van der Waals surface area contributed by atoms with Gasteiger partial charge in [-0.15, -0.1) is 0 Å². The molecule has 1 rings (SSSR count). The minimum atomic E-state index is -1.16. The third kappa shape index (κ3) is 4.70. The number of rotatable bonds is 5. The summed E-state index contributed by atoms with van der Waals surface area (Å²) in [7, 11) is 0. The Hall–Kier alpha value is -1.01. The summed E-state index contributed by atoms with van der Waals surface area (Å²) in [5.74, 6) is 0. The van der Waals surface area contributed by atoms with E-state index in [1.54, 1.807) is 18.2 Å². The number of benzene rings is 1. The van der Waals surface area contributed by atoms with E-state index in [1.807, 2.05) is 0 Å². The number of hydrogen-bond donors (Lipinski definition) is 3. The maximum atomic E-state index is 10.9. The fourth-order valence-corrected chi connectivity index (χ4v) is 1.63. The molecule has 0 aliphatic rings. The molecule has 7 heteroatoms. The Balaban J connectivity index is 2.61. The van der Waals surface area contributed by atoms with Crippen molar-refractivity contribution in [2.75, 3.05) is 6.54 Å². The van der Waals surface area contributed by atoms with Crippen molar-refractivity contribution in [1.29, 1.82) is 0 Å². The molecule has 5 nitrogen and oxygen atoms in total. The van der Waals surface area contributed by atoms with Crippen LogP contribution in [0.5, 0.6) is 0 Å². The number of hydrazine groups is 1. The smallest absolute Gasteiger partial charge is 0.421 e. The Morgan fingerprint density at radius 1 is 1.44 bits per heavy atom. The second kappa shape index (κ2) is 6.80. The number of hydrogen-bond acceptors (Lipinski definition) is 3. The van der Waals surface area contributed by atoms with Gasteiger partial charge in [0.05, 0.1) is 22.7 Å². The zero-order valence-corrected chi connectivity index (χ0v) is 11.2. The zero-order chi connectivity index (χ0) is 13.7. The molecule has 0 saturated carbocycles. The number of amides is 1. The molecular formula is C11H14Cl2N2O3. The lowest BCUT2D eigenvalue weighted by atomic mass is 10.2. The summed E-state index contributed by atoms with van der Waals surface area (Å²) in [6.07, 6.45) is -1.90. The van der Waals surface area contributed by atoms with E-state index >= 15 is 0 Å². The molecule has 0 bridgehead atoms. The molecule has 0 aliphatic heterocycles. The number of aliphatic hydroxyl groups is 1. The summed E-state index contributed by atoms with van der Waals surface area (Å²) in [6.45, 7) is 1.77. The highest BCUT2D eigenvalue weighted by Crippen LogP contribution is 2.22. The molecule has 18 heavy (non-hydrogen) atoms. The summed E-state index contributed by atoms with van der Waals surface area (Å²) in [5.41, 5.74) is 3.48. The van der Waals surface area contributed by atoms with Gasteiger partial charge >= 0.3 is 6.09 Å². The van der Waals surface area contributed by atoms with Crippen LogP contribution in [0.4, 0.5) is 4.79 Å². The van der Waals surface area contributed by atoms with Gasteiger partial charge in [-0.25, -0.2) is 15.2 Å². The van der Waals surface area contributed by atoms with Crippen molar-refractivity contribution in [2.24, 2.45) is 0 Å². The third-order valence-corrected chi connectivity index (χ3v) is 2.87. The van der Waals surface area contributed by atoms with Crippen LogP contribution in [0.3, 0.4) is 0 Å². The lowest BCUT2D eigenvalue weighted by Crippen LogP contribution is -2.45. The largest absolute Gasteiger partial charge is 0.464 e. The predicted molar refractivity (Wildman–Crippen MR) is 69.7 cm³/mol. The molecular weight excluding hydrogens is 279 g/mol. The molecule has 1 aromatic carbocycles. The lowest BCUT2D eigenvalue weighted by Gasteiger charge is -2.21. The first kappa shape index (κ1) is 15.0. The Bertz CT molecular complexity index is 427. The van der Waals surface area contributed by atoms with Crippen molar-refractivity contribution in [1.82, 2.24) is 10.4 Å². The number of nitrogens with zero attached hydrogens (tertiary/aromatic N) is 1. The van der Waals surface area contributed by atoms with E-state index in [9.17, 15) is 4.79 Å². The molecule has 1 aromatic rings. The molecule has 0 aliphatic carbocycles. The van der Waals surface area contributed by atoms with Crippen LogP contribution in [-0.2, 0) is 6.54 Å². The lowest BCUT2D eigenvalue weighted by molar-refractivity contribution is 0.0781. The van der Waals surface area contributed by atoms with Crippen molar-refractivity contribution in [3.63, 3.8) is 0 Å². The molecule has 0 spiro atoms. The quantitative estimate of drug-likeness (QED) is 0.729. The van der Waals surface area contributed by atoms with Gasteiger partial charge < -0.3 is 10.2 Å². The summed E-state index contributed by atoms with van der Waals surface area (Å²) in [5, 5.41) is 19.8. The molecule has 100 valence electrons. The maximum absolute atomic E-state index is 10.9. The average Bonchev–Trinajstić information content (AvgIpc) is 2.28. The van der Waals surface area contributed by atoms with Crippen molar-refractivity contribution in [3.05, 3.63) is 33.8 Å². The first-order chi connectivity index (χ1) is 8.40. The summed E-state index contributed by atoms with van der Waals surface area (Å²) >= 11 is 11.6. The minimum Gasteiger partial charge on any atom is -0.464 e. The molecule has 0 heterocycles. The first-order valence-electron chi connectivity index (χ1n) is 5.26. The van der Waals surface area contributed by atoms with Crippen LogP contribution in [0.2, 0.25) is 10.0 Å². The van der Waals surface area contributed by atoms with Crippen LogP contribution >= 0.6 is 23.2 Å². The number of nitrogens with one attached hydrogen (secondary N) is 1. The SMILES string of the molecule is CC(O)CN(NCc1ccc(Cl)c(Cl)c1)C(=O)O. The Morgan fingerprint density at radius 3 is 2.61 bits per heavy atom. The van der Waals surface area contributed by atoms with Crippen molar-refractivity contribution in [3.8, 4) is 0 Å². The first-order valence-corrected chi connectivity index (χ1v) is 6.01. The van der Waals surface area contributed by atoms with E-state index < -0.39 is 12.2 Å². The zero-order valence-electron chi connectivity index (χ0n) is 9.73. The van der Waals surface area contributed by atoms with E-state index in [0.717, 1.165) is 10.6 Å². The highest BCUT2D eigenvalue weighted by atomic mass is 35.5.